The van der Waals surface area contributed by atoms with Crippen LogP contribution in [0.3, 0.4) is 0 Å². The van der Waals surface area contributed by atoms with Gasteiger partial charge in [0.05, 0.1) is 0 Å². The van der Waals surface area contributed by atoms with E-state index in [4.69, 9.17) is 23.2 Å². The Labute approximate surface area is 178 Å². The molecule has 0 heterocycles. The Bertz CT molecular complexity index is 1160. The molecular formula is C19H12Cl2N2O4S2. The van der Waals surface area contributed by atoms with Crippen LogP contribution in [0.25, 0.3) is 12.2 Å². The van der Waals surface area contributed by atoms with Gasteiger partial charge in [-0.1, -0.05) is 47.5 Å². The Hall–Kier alpha value is -2.62. The van der Waals surface area contributed by atoms with Crippen molar-refractivity contribution >= 4 is 55.0 Å². The van der Waals surface area contributed by atoms with Gasteiger partial charge in [-0.3, -0.25) is 0 Å². The first-order chi connectivity index (χ1) is 13.6. The molecule has 2 aromatic rings. The fourth-order valence-corrected chi connectivity index (χ4v) is 5.95. The van der Waals surface area contributed by atoms with Gasteiger partial charge in [0.25, 0.3) is 0 Å². The number of allylic oxidation sites excluding steroid dienone is 2. The van der Waals surface area contributed by atoms with Crippen LogP contribution in [0.5, 0.6) is 0 Å². The summed E-state index contributed by atoms with van der Waals surface area (Å²) in [5, 5.41) is 17.9. The van der Waals surface area contributed by atoms with Gasteiger partial charge < -0.3 is 0 Å². The molecule has 0 bridgehead atoms. The third-order valence-corrected chi connectivity index (χ3v) is 8.28. The number of nitriles is 2. The molecule has 0 aliphatic rings. The monoisotopic (exact) mass is 466 g/mol. The fraction of sp³-hybridized carbons (Fsp3) is 0.0526. The van der Waals surface area contributed by atoms with Crippen LogP contribution in [0.4, 0.5) is 0 Å². The SMILES string of the molecule is N#C/C(=C/c1ccc(Cl)cc1)S(=O)(=O)CS(=O)(=O)/C(C#N)=C\c1ccc(Cl)cc1. The number of hydrogen-bond acceptors (Lipinski definition) is 6. The Morgan fingerprint density at radius 3 is 1.31 bits per heavy atom. The van der Waals surface area contributed by atoms with Gasteiger partial charge in [0, 0.05) is 10.0 Å². The quantitative estimate of drug-likeness (QED) is 0.588. The summed E-state index contributed by atoms with van der Waals surface area (Å²) >= 11 is 11.5. The van der Waals surface area contributed by atoms with Crippen LogP contribution in [0.2, 0.25) is 10.0 Å². The molecule has 2 aromatic carbocycles. The molecule has 0 unspecified atom stereocenters. The van der Waals surface area contributed by atoms with Gasteiger partial charge >= 0.3 is 0 Å². The third kappa shape index (κ3) is 6.18. The molecule has 0 radical (unpaired) electrons. The minimum atomic E-state index is -4.53. The molecule has 0 aliphatic carbocycles. The number of rotatable bonds is 6. The predicted octanol–water partition coefficient (Wildman–Crippen LogP) is 4.21. The Balaban J connectivity index is 2.39. The van der Waals surface area contributed by atoms with Crippen molar-refractivity contribution in [2.24, 2.45) is 0 Å². The van der Waals surface area contributed by atoms with Crippen LogP contribution in [-0.4, -0.2) is 21.9 Å². The second-order valence-electron chi connectivity index (χ2n) is 5.69. The molecule has 29 heavy (non-hydrogen) atoms. The van der Waals surface area contributed by atoms with E-state index in [0.717, 1.165) is 12.2 Å². The molecule has 0 spiro atoms. The van der Waals surface area contributed by atoms with Crippen molar-refractivity contribution in [1.29, 1.82) is 10.5 Å². The largest absolute Gasteiger partial charge is 0.222 e. The van der Waals surface area contributed by atoms with Crippen molar-refractivity contribution in [3.63, 3.8) is 0 Å². The lowest BCUT2D eigenvalue weighted by Crippen LogP contribution is -2.18. The van der Waals surface area contributed by atoms with Gasteiger partial charge in [-0.15, -0.1) is 0 Å². The molecule has 0 fully saturated rings. The number of sulfone groups is 2. The molecular weight excluding hydrogens is 455 g/mol. The number of benzene rings is 2. The summed E-state index contributed by atoms with van der Waals surface area (Å²) in [4.78, 5) is -1.49. The Kier molecular flexibility index (Phi) is 7.23. The van der Waals surface area contributed by atoms with Crippen molar-refractivity contribution in [3.05, 3.63) is 79.5 Å². The highest BCUT2D eigenvalue weighted by Gasteiger charge is 2.29. The first-order valence-corrected chi connectivity index (χ1v) is 11.8. The summed E-state index contributed by atoms with van der Waals surface area (Å²) in [6.45, 7) is 0. The van der Waals surface area contributed by atoms with E-state index in [1.807, 2.05) is 0 Å². The lowest BCUT2D eigenvalue weighted by Gasteiger charge is -2.05. The second-order valence-corrected chi connectivity index (χ2v) is 10.8. The fourth-order valence-electron chi connectivity index (χ4n) is 2.14. The minimum Gasteiger partial charge on any atom is -0.222 e. The van der Waals surface area contributed by atoms with Crippen LogP contribution in [0.15, 0.2) is 58.3 Å². The second kappa shape index (κ2) is 9.25. The van der Waals surface area contributed by atoms with E-state index in [-0.39, 0.29) is 0 Å². The number of hydrogen-bond donors (Lipinski definition) is 0. The Morgan fingerprint density at radius 2 is 1.03 bits per heavy atom. The van der Waals surface area contributed by atoms with E-state index >= 15 is 0 Å². The highest BCUT2D eigenvalue weighted by molar-refractivity contribution is 8.11. The zero-order valence-corrected chi connectivity index (χ0v) is 17.7. The van der Waals surface area contributed by atoms with Crippen LogP contribution in [0, 0.1) is 22.7 Å². The summed E-state index contributed by atoms with van der Waals surface area (Å²) in [5.74, 6) is 0. The van der Waals surface area contributed by atoms with Crippen molar-refractivity contribution < 1.29 is 16.8 Å². The van der Waals surface area contributed by atoms with Gasteiger partial charge in [-0.2, -0.15) is 10.5 Å². The number of halogens is 2. The molecule has 0 aliphatic heterocycles. The van der Waals surface area contributed by atoms with Gasteiger partial charge in [0.15, 0.2) is 5.08 Å². The number of nitrogens with zero attached hydrogens (tertiary/aromatic N) is 2. The summed E-state index contributed by atoms with van der Waals surface area (Å²) in [6.07, 6.45) is 2.08. The maximum absolute atomic E-state index is 12.5. The lowest BCUT2D eigenvalue weighted by atomic mass is 10.2. The molecule has 2 rings (SSSR count). The first kappa shape index (κ1) is 22.7. The topological polar surface area (TPSA) is 116 Å². The first-order valence-electron chi connectivity index (χ1n) is 7.77. The average Bonchev–Trinajstić information content (AvgIpc) is 2.65. The van der Waals surface area contributed by atoms with E-state index in [1.165, 1.54) is 60.7 Å². The van der Waals surface area contributed by atoms with E-state index in [1.54, 1.807) is 0 Å². The molecule has 0 saturated carbocycles. The van der Waals surface area contributed by atoms with Crippen molar-refractivity contribution in [1.82, 2.24) is 0 Å². The third-order valence-electron chi connectivity index (χ3n) is 3.54. The summed E-state index contributed by atoms with van der Waals surface area (Å²) < 4.78 is 50.1. The standard InChI is InChI=1S/C19H12Cl2N2O4S2/c20-16-5-1-14(2-6-16)9-18(11-22)28(24,25)13-29(26,27)19(12-23)10-15-3-7-17(21)8-4-15/h1-10H,13H2/b18-9-,19-10-. The predicted molar refractivity (Wildman–Crippen MR) is 113 cm³/mol. The molecule has 0 saturated heterocycles. The summed E-state index contributed by atoms with van der Waals surface area (Å²) in [5.41, 5.74) is 0.702. The van der Waals surface area contributed by atoms with Crippen LogP contribution in [-0.2, 0) is 19.7 Å². The normalized spacial score (nSPS) is 12.8. The van der Waals surface area contributed by atoms with E-state index in [0.29, 0.717) is 21.2 Å². The van der Waals surface area contributed by atoms with E-state index < -0.39 is 34.6 Å². The van der Waals surface area contributed by atoms with Gasteiger partial charge in [-0.25, -0.2) is 16.8 Å². The van der Waals surface area contributed by atoms with Crippen LogP contribution >= 0.6 is 23.2 Å². The molecule has 0 aromatic heterocycles. The van der Waals surface area contributed by atoms with E-state index in [2.05, 4.69) is 0 Å². The molecule has 0 atom stereocenters. The van der Waals surface area contributed by atoms with Crippen molar-refractivity contribution in [2.45, 2.75) is 0 Å². The highest BCUT2D eigenvalue weighted by Crippen LogP contribution is 2.21. The van der Waals surface area contributed by atoms with Crippen LogP contribution < -0.4 is 0 Å². The highest BCUT2D eigenvalue weighted by atomic mass is 35.5. The smallest absolute Gasteiger partial charge is 0.203 e. The molecule has 10 heteroatoms. The van der Waals surface area contributed by atoms with Gasteiger partial charge in [-0.05, 0) is 47.5 Å². The maximum Gasteiger partial charge on any atom is 0.203 e. The zero-order valence-electron chi connectivity index (χ0n) is 14.6. The summed E-state index contributed by atoms with van der Waals surface area (Å²) in [6, 6.07) is 14.9. The lowest BCUT2D eigenvalue weighted by molar-refractivity contribution is 0.596. The van der Waals surface area contributed by atoms with Gasteiger partial charge in [0.2, 0.25) is 19.7 Å². The van der Waals surface area contributed by atoms with Crippen molar-refractivity contribution in [3.8, 4) is 12.1 Å². The zero-order chi connectivity index (χ0) is 21.7. The van der Waals surface area contributed by atoms with Crippen LogP contribution in [0.1, 0.15) is 11.1 Å². The van der Waals surface area contributed by atoms with E-state index in [9.17, 15) is 27.4 Å². The van der Waals surface area contributed by atoms with Crippen molar-refractivity contribution in [2.75, 3.05) is 5.08 Å². The average molecular weight is 467 g/mol. The summed E-state index contributed by atoms with van der Waals surface area (Å²) in [7, 11) is -9.05. The molecule has 6 nitrogen and oxygen atoms in total. The maximum atomic E-state index is 12.5. The molecule has 0 N–H and O–H groups in total. The minimum absolute atomic E-state index is 0.351. The molecule has 0 amide bonds. The van der Waals surface area contributed by atoms with Gasteiger partial charge in [0.1, 0.15) is 21.9 Å². The Morgan fingerprint density at radius 1 is 0.724 bits per heavy atom. The molecule has 148 valence electrons.